The second kappa shape index (κ2) is 7.01. The highest BCUT2D eigenvalue weighted by Crippen LogP contribution is 2.33. The summed E-state index contributed by atoms with van der Waals surface area (Å²) in [6, 6.07) is 6.39. The number of nitrogens with zero attached hydrogens (tertiary/aromatic N) is 3. The number of fused-ring (bicyclic) bond motifs is 1. The molecular formula is C18H23N3O3. The second-order valence-corrected chi connectivity index (χ2v) is 6.59. The molecule has 0 spiro atoms. The molecular weight excluding hydrogens is 306 g/mol. The van der Waals surface area contributed by atoms with Crippen LogP contribution in [0, 0.1) is 6.92 Å². The van der Waals surface area contributed by atoms with Gasteiger partial charge in [0.05, 0.1) is 31.1 Å². The molecule has 4 rings (SSSR count). The van der Waals surface area contributed by atoms with Crippen LogP contribution in [0.25, 0.3) is 0 Å². The minimum absolute atomic E-state index is 0.142. The third-order valence-electron chi connectivity index (χ3n) is 4.88. The van der Waals surface area contributed by atoms with Gasteiger partial charge in [-0.1, -0.05) is 11.2 Å². The number of hydrogen-bond acceptors (Lipinski definition) is 6. The van der Waals surface area contributed by atoms with Gasteiger partial charge in [0.2, 0.25) is 0 Å². The van der Waals surface area contributed by atoms with E-state index in [1.165, 1.54) is 0 Å². The molecule has 0 radical (unpaired) electrons. The Hall–Kier alpha value is -1.76. The molecule has 128 valence electrons. The van der Waals surface area contributed by atoms with E-state index in [0.29, 0.717) is 12.6 Å². The predicted molar refractivity (Wildman–Crippen MR) is 87.2 cm³/mol. The van der Waals surface area contributed by atoms with Crippen molar-refractivity contribution in [2.24, 2.45) is 0 Å². The van der Waals surface area contributed by atoms with Crippen molar-refractivity contribution >= 4 is 0 Å². The van der Waals surface area contributed by atoms with Gasteiger partial charge in [0.25, 0.3) is 0 Å². The monoisotopic (exact) mass is 329 g/mol. The van der Waals surface area contributed by atoms with Gasteiger partial charge in [-0.3, -0.25) is 9.88 Å². The summed E-state index contributed by atoms with van der Waals surface area (Å²) in [5.74, 6) is 0.860. The smallest absolute Gasteiger partial charge is 0.133 e. The quantitative estimate of drug-likeness (QED) is 0.839. The van der Waals surface area contributed by atoms with Crippen LogP contribution in [-0.2, 0) is 22.6 Å². The highest BCUT2D eigenvalue weighted by Gasteiger charge is 2.43. The molecule has 3 atom stereocenters. The zero-order valence-electron chi connectivity index (χ0n) is 13.9. The average Bonchev–Trinajstić information content (AvgIpc) is 3.21. The molecule has 0 N–H and O–H groups in total. The van der Waals surface area contributed by atoms with Crippen LogP contribution in [0.4, 0.5) is 0 Å². The van der Waals surface area contributed by atoms with Crippen molar-refractivity contribution in [2.45, 2.75) is 51.2 Å². The third-order valence-corrected chi connectivity index (χ3v) is 4.88. The number of hydrogen-bond donors (Lipinski definition) is 0. The lowest BCUT2D eigenvalue weighted by molar-refractivity contribution is -0.119. The summed E-state index contributed by atoms with van der Waals surface area (Å²) in [7, 11) is 0. The van der Waals surface area contributed by atoms with Crippen LogP contribution in [0.5, 0.6) is 0 Å². The number of pyridine rings is 1. The molecule has 1 aliphatic carbocycles. The van der Waals surface area contributed by atoms with Crippen LogP contribution in [0.15, 0.2) is 35.1 Å². The van der Waals surface area contributed by atoms with Crippen LogP contribution in [0.1, 0.15) is 29.9 Å². The minimum Gasteiger partial charge on any atom is -0.373 e. The fourth-order valence-corrected chi connectivity index (χ4v) is 3.75. The zero-order chi connectivity index (χ0) is 16.4. The molecule has 2 fully saturated rings. The fourth-order valence-electron chi connectivity index (χ4n) is 3.75. The van der Waals surface area contributed by atoms with Gasteiger partial charge in [0, 0.05) is 37.6 Å². The Morgan fingerprint density at radius 3 is 3.12 bits per heavy atom. The number of rotatable bonds is 5. The normalized spacial score (nSPS) is 27.3. The van der Waals surface area contributed by atoms with E-state index in [1.807, 2.05) is 31.3 Å². The van der Waals surface area contributed by atoms with E-state index in [-0.39, 0.29) is 12.2 Å². The van der Waals surface area contributed by atoms with Crippen molar-refractivity contribution in [2.75, 3.05) is 13.2 Å². The molecule has 1 aliphatic heterocycles. The Morgan fingerprint density at radius 1 is 1.38 bits per heavy atom. The first-order valence-electron chi connectivity index (χ1n) is 8.58. The van der Waals surface area contributed by atoms with E-state index in [1.54, 1.807) is 6.20 Å². The molecule has 3 heterocycles. The fraction of sp³-hybridized carbons (Fsp3) is 0.556. The van der Waals surface area contributed by atoms with Crippen LogP contribution < -0.4 is 0 Å². The molecule has 0 unspecified atom stereocenters. The van der Waals surface area contributed by atoms with Crippen molar-refractivity contribution < 1.29 is 14.0 Å². The maximum absolute atomic E-state index is 6.14. The second-order valence-electron chi connectivity index (χ2n) is 6.59. The minimum atomic E-state index is 0.142. The summed E-state index contributed by atoms with van der Waals surface area (Å²) in [4.78, 5) is 6.59. The topological polar surface area (TPSA) is 60.6 Å². The number of aromatic nitrogens is 2. The van der Waals surface area contributed by atoms with Crippen molar-refractivity contribution in [3.05, 3.63) is 47.6 Å². The molecule has 6 nitrogen and oxygen atoms in total. The third kappa shape index (κ3) is 3.36. The molecule has 0 aromatic carbocycles. The van der Waals surface area contributed by atoms with Crippen LogP contribution in [0.2, 0.25) is 0 Å². The first kappa shape index (κ1) is 15.7. The summed E-state index contributed by atoms with van der Waals surface area (Å²) in [5.41, 5.74) is 2.10. The van der Waals surface area contributed by atoms with E-state index in [0.717, 1.165) is 49.6 Å². The van der Waals surface area contributed by atoms with Crippen molar-refractivity contribution in [1.29, 1.82) is 0 Å². The van der Waals surface area contributed by atoms with E-state index >= 15 is 0 Å². The maximum Gasteiger partial charge on any atom is 0.133 e. The van der Waals surface area contributed by atoms with E-state index < -0.39 is 0 Å². The summed E-state index contributed by atoms with van der Waals surface area (Å²) in [6.45, 7) is 5.01. The van der Waals surface area contributed by atoms with Crippen LogP contribution in [0.3, 0.4) is 0 Å². The summed E-state index contributed by atoms with van der Waals surface area (Å²) < 4.78 is 17.4. The number of ether oxygens (including phenoxy) is 2. The zero-order valence-corrected chi connectivity index (χ0v) is 13.9. The number of aryl methyl sites for hydroxylation is 1. The Bertz CT molecular complexity index is 661. The Kier molecular flexibility index (Phi) is 4.60. The van der Waals surface area contributed by atoms with Gasteiger partial charge >= 0.3 is 0 Å². The van der Waals surface area contributed by atoms with E-state index in [4.69, 9.17) is 14.0 Å². The van der Waals surface area contributed by atoms with E-state index in [2.05, 4.69) is 15.0 Å². The molecule has 1 saturated heterocycles. The molecule has 2 aromatic rings. The Morgan fingerprint density at radius 2 is 2.33 bits per heavy atom. The lowest BCUT2D eigenvalue weighted by Gasteiger charge is -2.38. The summed E-state index contributed by atoms with van der Waals surface area (Å²) in [6.07, 6.45) is 6.06. The highest BCUT2D eigenvalue weighted by molar-refractivity contribution is 5.08. The predicted octanol–water partition coefficient (Wildman–Crippen LogP) is 2.33. The van der Waals surface area contributed by atoms with Crippen LogP contribution >= 0.6 is 0 Å². The lowest BCUT2D eigenvalue weighted by Crippen LogP contribution is -2.51. The van der Waals surface area contributed by atoms with Gasteiger partial charge in [0.1, 0.15) is 5.76 Å². The molecule has 0 amide bonds. The molecule has 6 heteroatoms. The number of morpholine rings is 1. The molecule has 1 saturated carbocycles. The molecule has 0 bridgehead atoms. The van der Waals surface area contributed by atoms with Gasteiger partial charge in [-0.2, -0.15) is 0 Å². The van der Waals surface area contributed by atoms with Crippen LogP contribution in [-0.4, -0.2) is 46.4 Å². The van der Waals surface area contributed by atoms with Crippen molar-refractivity contribution in [1.82, 2.24) is 15.0 Å². The highest BCUT2D eigenvalue weighted by atomic mass is 16.5. The van der Waals surface area contributed by atoms with Gasteiger partial charge in [-0.05, 0) is 31.4 Å². The largest absolute Gasteiger partial charge is 0.373 e. The Balaban J connectivity index is 1.37. The average molecular weight is 329 g/mol. The lowest BCUT2D eigenvalue weighted by atomic mass is 10.1. The maximum atomic E-state index is 6.14. The standard InChI is InChI=1S/C18H23N3O3/c1-13-9-15(20-24-13)11-21-7-8-22-18-16(21)4-5-17(18)23-12-14-3-2-6-19-10-14/h2-3,6,9-10,16-18H,4-5,7-8,11-12H2,1H3/t16-,17-,18-/m0/s1. The molecule has 24 heavy (non-hydrogen) atoms. The van der Waals surface area contributed by atoms with Gasteiger partial charge < -0.3 is 14.0 Å². The van der Waals surface area contributed by atoms with Gasteiger partial charge in [-0.25, -0.2) is 0 Å². The Labute approximate surface area is 141 Å². The van der Waals surface area contributed by atoms with Crippen molar-refractivity contribution in [3.8, 4) is 0 Å². The summed E-state index contributed by atoms with van der Waals surface area (Å²) in [5, 5.41) is 4.12. The molecule has 2 aliphatic rings. The first-order valence-corrected chi connectivity index (χ1v) is 8.58. The van der Waals surface area contributed by atoms with Gasteiger partial charge in [-0.15, -0.1) is 0 Å². The first-order chi connectivity index (χ1) is 11.8. The van der Waals surface area contributed by atoms with E-state index in [9.17, 15) is 0 Å². The SMILES string of the molecule is Cc1cc(CN2CCO[C@@H]3[C@@H](OCc4cccnc4)CC[C@@H]32)no1. The van der Waals surface area contributed by atoms with Gasteiger partial charge in [0.15, 0.2) is 0 Å². The van der Waals surface area contributed by atoms with Crippen molar-refractivity contribution in [3.63, 3.8) is 0 Å². The molecule has 2 aromatic heterocycles. The summed E-state index contributed by atoms with van der Waals surface area (Å²) >= 11 is 0.